The minimum Gasteiger partial charge on any atom is -0.273 e. The molecule has 3 rings (SSSR count). The Kier molecular flexibility index (Phi) is 3.39. The molecular weight excluding hydrogens is 302 g/mol. The number of nitrogens with zero attached hydrogens (tertiary/aromatic N) is 3. The Morgan fingerprint density at radius 2 is 2.14 bits per heavy atom. The van der Waals surface area contributed by atoms with E-state index in [1.807, 2.05) is 0 Å². The Hall–Kier alpha value is -1.70. The number of hydrazine groups is 1. The van der Waals surface area contributed by atoms with Crippen molar-refractivity contribution < 1.29 is 22.4 Å². The first-order valence-electron chi connectivity index (χ1n) is 6.95. The van der Waals surface area contributed by atoms with Crippen LogP contribution in [0.2, 0.25) is 0 Å². The molecule has 3 heterocycles. The van der Waals surface area contributed by atoms with E-state index in [1.165, 1.54) is 24.2 Å². The van der Waals surface area contributed by atoms with Crippen molar-refractivity contribution in [1.29, 1.82) is 0 Å². The molecule has 2 aliphatic rings. The van der Waals surface area contributed by atoms with Crippen LogP contribution < -0.4 is 0 Å². The summed E-state index contributed by atoms with van der Waals surface area (Å²) in [4.78, 5) is 16.3. The Morgan fingerprint density at radius 1 is 1.41 bits per heavy atom. The monoisotopic (exact) mass is 317 g/mol. The van der Waals surface area contributed by atoms with Gasteiger partial charge in [-0.25, -0.2) is 9.40 Å². The summed E-state index contributed by atoms with van der Waals surface area (Å²) in [6.07, 6.45) is -2.50. The van der Waals surface area contributed by atoms with Gasteiger partial charge in [0.25, 0.3) is 0 Å². The molecule has 0 spiro atoms. The van der Waals surface area contributed by atoms with Gasteiger partial charge in [-0.15, -0.1) is 0 Å². The quantitative estimate of drug-likeness (QED) is 0.787. The SMILES string of the molecule is C[C@@]1(CC(F)(F)F)CN2CC[C@H](c3cncc(F)c3)N2C1=O. The van der Waals surface area contributed by atoms with Gasteiger partial charge in [0.15, 0.2) is 0 Å². The molecule has 0 radical (unpaired) electrons. The zero-order valence-corrected chi connectivity index (χ0v) is 11.9. The highest BCUT2D eigenvalue weighted by molar-refractivity contribution is 5.85. The van der Waals surface area contributed by atoms with Gasteiger partial charge in [-0.3, -0.25) is 14.8 Å². The third-order valence-corrected chi connectivity index (χ3v) is 4.22. The fraction of sp³-hybridized carbons (Fsp3) is 0.571. The fourth-order valence-electron chi connectivity index (χ4n) is 3.36. The van der Waals surface area contributed by atoms with Gasteiger partial charge in [-0.2, -0.15) is 13.2 Å². The van der Waals surface area contributed by atoms with Crippen LogP contribution >= 0.6 is 0 Å². The number of hydrogen-bond donors (Lipinski definition) is 0. The van der Waals surface area contributed by atoms with Gasteiger partial charge in [0.1, 0.15) is 5.82 Å². The Balaban J connectivity index is 1.87. The molecule has 120 valence electrons. The predicted molar refractivity (Wildman–Crippen MR) is 68.8 cm³/mol. The number of fused-ring (bicyclic) bond motifs is 1. The van der Waals surface area contributed by atoms with Crippen LogP contribution in [0.4, 0.5) is 17.6 Å². The molecule has 2 atom stereocenters. The van der Waals surface area contributed by atoms with Crippen molar-refractivity contribution in [2.24, 2.45) is 5.41 Å². The summed E-state index contributed by atoms with van der Waals surface area (Å²) in [6, 6.07) is 0.819. The van der Waals surface area contributed by atoms with E-state index < -0.39 is 35.8 Å². The van der Waals surface area contributed by atoms with Crippen LogP contribution in [0.25, 0.3) is 0 Å². The summed E-state index contributed by atoms with van der Waals surface area (Å²) < 4.78 is 51.5. The second-order valence-electron chi connectivity index (χ2n) is 6.13. The second-order valence-corrected chi connectivity index (χ2v) is 6.13. The first-order chi connectivity index (χ1) is 10.2. The number of carbonyl (C=O) groups excluding carboxylic acids is 1. The number of hydrogen-bond acceptors (Lipinski definition) is 3. The van der Waals surface area contributed by atoms with Gasteiger partial charge in [0, 0.05) is 19.3 Å². The summed E-state index contributed by atoms with van der Waals surface area (Å²) in [5.41, 5.74) is -0.982. The van der Waals surface area contributed by atoms with E-state index in [0.29, 0.717) is 18.5 Å². The van der Waals surface area contributed by atoms with Gasteiger partial charge in [0.05, 0.1) is 24.1 Å². The largest absolute Gasteiger partial charge is 0.390 e. The first-order valence-corrected chi connectivity index (χ1v) is 6.95. The van der Waals surface area contributed by atoms with Crippen LogP contribution in [-0.4, -0.2) is 40.2 Å². The van der Waals surface area contributed by atoms with E-state index in [1.54, 1.807) is 5.01 Å². The molecule has 2 fully saturated rings. The molecule has 1 amide bonds. The van der Waals surface area contributed by atoms with Crippen molar-refractivity contribution in [1.82, 2.24) is 15.0 Å². The lowest BCUT2D eigenvalue weighted by molar-refractivity contribution is -0.166. The molecule has 2 saturated heterocycles. The van der Waals surface area contributed by atoms with Crippen molar-refractivity contribution in [2.75, 3.05) is 13.1 Å². The highest BCUT2D eigenvalue weighted by atomic mass is 19.4. The van der Waals surface area contributed by atoms with Crippen molar-refractivity contribution in [2.45, 2.75) is 32.0 Å². The molecule has 22 heavy (non-hydrogen) atoms. The molecule has 1 aromatic rings. The van der Waals surface area contributed by atoms with Gasteiger partial charge in [0.2, 0.25) is 5.91 Å². The first kappa shape index (κ1) is 15.2. The molecule has 0 bridgehead atoms. The van der Waals surface area contributed by atoms with Crippen LogP contribution in [0, 0.1) is 11.2 Å². The minimum absolute atomic E-state index is 0.0323. The molecule has 1 aromatic heterocycles. The van der Waals surface area contributed by atoms with E-state index in [0.717, 1.165) is 6.20 Å². The number of halogens is 4. The summed E-state index contributed by atoms with van der Waals surface area (Å²) in [6.45, 7) is 1.84. The van der Waals surface area contributed by atoms with E-state index in [9.17, 15) is 22.4 Å². The zero-order chi connectivity index (χ0) is 16.1. The van der Waals surface area contributed by atoms with Crippen molar-refractivity contribution in [3.05, 3.63) is 29.8 Å². The normalized spacial score (nSPS) is 29.2. The van der Waals surface area contributed by atoms with Crippen LogP contribution in [0.5, 0.6) is 0 Å². The van der Waals surface area contributed by atoms with E-state index in [4.69, 9.17) is 0 Å². The van der Waals surface area contributed by atoms with Crippen LogP contribution in [0.15, 0.2) is 18.5 Å². The Morgan fingerprint density at radius 3 is 2.77 bits per heavy atom. The molecule has 4 nitrogen and oxygen atoms in total. The van der Waals surface area contributed by atoms with Gasteiger partial charge < -0.3 is 0 Å². The van der Waals surface area contributed by atoms with Crippen LogP contribution in [-0.2, 0) is 4.79 Å². The lowest BCUT2D eigenvalue weighted by Gasteiger charge is -2.27. The molecule has 0 aliphatic carbocycles. The molecule has 0 unspecified atom stereocenters. The Bertz CT molecular complexity index is 606. The predicted octanol–water partition coefficient (Wildman–Crippen LogP) is 2.68. The third-order valence-electron chi connectivity index (χ3n) is 4.22. The minimum atomic E-state index is -4.40. The molecule has 0 aromatic carbocycles. The number of alkyl halides is 3. The highest BCUT2D eigenvalue weighted by Gasteiger charge is 2.56. The average Bonchev–Trinajstić information content (AvgIpc) is 2.87. The standard InChI is InChI=1S/C14H15F4N3O/c1-13(7-14(16,17)18)8-20-3-2-11(21(20)12(13)22)9-4-10(15)6-19-5-9/h4-6,11H,2-3,7-8H2,1H3/t11-,13-/m1/s1. The molecule has 0 N–H and O–H groups in total. The number of pyridine rings is 1. The number of rotatable bonds is 2. The maximum Gasteiger partial charge on any atom is 0.390 e. The topological polar surface area (TPSA) is 36.4 Å². The molecule has 0 saturated carbocycles. The summed E-state index contributed by atoms with van der Waals surface area (Å²) in [5.74, 6) is -1.09. The number of carbonyl (C=O) groups is 1. The highest BCUT2D eigenvalue weighted by Crippen LogP contribution is 2.46. The lowest BCUT2D eigenvalue weighted by Crippen LogP contribution is -2.38. The van der Waals surface area contributed by atoms with E-state index >= 15 is 0 Å². The average molecular weight is 317 g/mol. The third kappa shape index (κ3) is 2.55. The van der Waals surface area contributed by atoms with E-state index in [-0.39, 0.29) is 6.54 Å². The van der Waals surface area contributed by atoms with Crippen molar-refractivity contribution >= 4 is 5.91 Å². The number of amides is 1. The smallest absolute Gasteiger partial charge is 0.273 e. The van der Waals surface area contributed by atoms with Crippen molar-refractivity contribution in [3.63, 3.8) is 0 Å². The lowest BCUT2D eigenvalue weighted by atomic mass is 9.85. The van der Waals surface area contributed by atoms with Gasteiger partial charge in [-0.05, 0) is 25.0 Å². The Labute approximate surface area is 124 Å². The zero-order valence-electron chi connectivity index (χ0n) is 11.9. The summed E-state index contributed by atoms with van der Waals surface area (Å²) in [5, 5.41) is 2.98. The van der Waals surface area contributed by atoms with Gasteiger partial charge in [-0.1, -0.05) is 0 Å². The van der Waals surface area contributed by atoms with E-state index in [2.05, 4.69) is 4.98 Å². The second kappa shape index (κ2) is 4.91. The number of aromatic nitrogens is 1. The molecular formula is C14H15F4N3O. The molecule has 8 heteroatoms. The maximum absolute atomic E-state index is 13.3. The maximum atomic E-state index is 13.3. The van der Waals surface area contributed by atoms with Crippen LogP contribution in [0.3, 0.4) is 0 Å². The van der Waals surface area contributed by atoms with Gasteiger partial charge >= 0.3 is 6.18 Å². The van der Waals surface area contributed by atoms with Crippen LogP contribution in [0.1, 0.15) is 31.4 Å². The molecule has 2 aliphatic heterocycles. The summed E-state index contributed by atoms with van der Waals surface area (Å²) in [7, 11) is 0. The fourth-order valence-corrected chi connectivity index (χ4v) is 3.36. The van der Waals surface area contributed by atoms with Crippen molar-refractivity contribution in [3.8, 4) is 0 Å². The summed E-state index contributed by atoms with van der Waals surface area (Å²) >= 11 is 0.